The number of anilines is 2. The van der Waals surface area contributed by atoms with Crippen molar-refractivity contribution in [3.63, 3.8) is 0 Å². The van der Waals surface area contributed by atoms with Gasteiger partial charge in [0.05, 0.1) is 17.5 Å². The summed E-state index contributed by atoms with van der Waals surface area (Å²) in [6.07, 6.45) is 7.30. The minimum absolute atomic E-state index is 0.318. The van der Waals surface area contributed by atoms with Gasteiger partial charge in [0.15, 0.2) is 11.6 Å². The van der Waals surface area contributed by atoms with Gasteiger partial charge in [0.2, 0.25) is 0 Å². The van der Waals surface area contributed by atoms with E-state index < -0.39 is 0 Å². The Morgan fingerprint density at radius 2 is 1.87 bits per heavy atom. The van der Waals surface area contributed by atoms with Crippen molar-refractivity contribution in [2.45, 2.75) is 20.4 Å². The third kappa shape index (κ3) is 5.60. The summed E-state index contributed by atoms with van der Waals surface area (Å²) in [5, 5.41) is 15.6. The molecule has 5 nitrogen and oxygen atoms in total. The summed E-state index contributed by atoms with van der Waals surface area (Å²) >= 11 is 1.16. The van der Waals surface area contributed by atoms with Crippen LogP contribution in [0.2, 0.25) is 0 Å². The molecule has 6 heteroatoms. The Hall–Kier alpha value is -2.60. The van der Waals surface area contributed by atoms with Crippen molar-refractivity contribution in [1.29, 1.82) is 0 Å². The standard InChI is InChI=1S/C17H20N4OS/c1-13(14(2)22)8-6-7-11-18-16-17(21-23-20-16)19-12-15-9-4-3-5-10-15/h3-11,22H,12H2,1-2H3,(H,18,20)(H,19,21)/b8-6-,11-7+,14-13+. The second kappa shape index (κ2) is 8.75. The van der Waals surface area contributed by atoms with Gasteiger partial charge < -0.3 is 15.7 Å². The zero-order chi connectivity index (χ0) is 16.5. The van der Waals surface area contributed by atoms with E-state index in [9.17, 15) is 5.11 Å². The molecular formula is C17H20N4OS. The van der Waals surface area contributed by atoms with Crippen molar-refractivity contribution < 1.29 is 5.11 Å². The number of rotatable bonds is 7. The summed E-state index contributed by atoms with van der Waals surface area (Å²) in [6, 6.07) is 10.1. The summed E-state index contributed by atoms with van der Waals surface area (Å²) in [7, 11) is 0. The monoisotopic (exact) mass is 328 g/mol. The number of nitrogens with one attached hydrogen (secondary N) is 2. The molecular weight excluding hydrogens is 308 g/mol. The fourth-order valence-electron chi connectivity index (χ4n) is 1.68. The molecule has 1 aromatic heterocycles. The molecule has 0 saturated heterocycles. The molecule has 0 atom stereocenters. The van der Waals surface area contributed by atoms with Gasteiger partial charge in [-0.3, -0.25) is 0 Å². The highest BCUT2D eigenvalue weighted by molar-refractivity contribution is 6.99. The molecule has 2 rings (SSSR count). The van der Waals surface area contributed by atoms with Crippen molar-refractivity contribution in [2.24, 2.45) is 0 Å². The zero-order valence-electron chi connectivity index (χ0n) is 13.2. The molecule has 0 unspecified atom stereocenters. The molecule has 120 valence electrons. The van der Waals surface area contributed by atoms with E-state index in [2.05, 4.69) is 31.5 Å². The molecule has 0 aliphatic heterocycles. The number of aliphatic hydroxyl groups is 1. The minimum Gasteiger partial charge on any atom is -0.512 e. The average Bonchev–Trinajstić information content (AvgIpc) is 3.00. The molecule has 0 aliphatic rings. The van der Waals surface area contributed by atoms with E-state index in [1.165, 1.54) is 5.56 Å². The fraction of sp³-hybridized carbons (Fsp3) is 0.176. The predicted molar refractivity (Wildman–Crippen MR) is 96.6 cm³/mol. The summed E-state index contributed by atoms with van der Waals surface area (Å²) in [4.78, 5) is 0. The van der Waals surface area contributed by atoms with Gasteiger partial charge in [-0.2, -0.15) is 8.75 Å². The Labute approximate surface area is 140 Å². The van der Waals surface area contributed by atoms with Crippen molar-refractivity contribution in [3.05, 3.63) is 71.7 Å². The summed E-state index contributed by atoms with van der Waals surface area (Å²) in [6.45, 7) is 4.21. The second-order valence-corrected chi connectivity index (χ2v) is 5.46. The SMILES string of the molecule is C\C(O)=C(C)/C=C\C=C\Nc1nsnc1NCc1ccccc1. The van der Waals surface area contributed by atoms with E-state index in [0.29, 0.717) is 18.1 Å². The number of benzene rings is 1. The van der Waals surface area contributed by atoms with E-state index in [4.69, 9.17) is 0 Å². The first kappa shape index (κ1) is 16.8. The van der Waals surface area contributed by atoms with Crippen molar-refractivity contribution >= 4 is 23.4 Å². The van der Waals surface area contributed by atoms with E-state index in [-0.39, 0.29) is 0 Å². The molecule has 0 fully saturated rings. The van der Waals surface area contributed by atoms with Crippen LogP contribution in [0.1, 0.15) is 19.4 Å². The van der Waals surface area contributed by atoms with Gasteiger partial charge in [-0.1, -0.05) is 42.5 Å². The quantitative estimate of drug-likeness (QED) is 0.516. The van der Waals surface area contributed by atoms with Crippen LogP contribution < -0.4 is 10.6 Å². The topological polar surface area (TPSA) is 70.1 Å². The van der Waals surface area contributed by atoms with Gasteiger partial charge in [-0.15, -0.1) is 0 Å². The van der Waals surface area contributed by atoms with Crippen LogP contribution >= 0.6 is 11.7 Å². The molecule has 3 N–H and O–H groups in total. The first-order valence-electron chi connectivity index (χ1n) is 7.23. The Kier molecular flexibility index (Phi) is 6.38. The number of aliphatic hydroxyl groups excluding tert-OH is 1. The molecule has 0 radical (unpaired) electrons. The zero-order valence-corrected chi connectivity index (χ0v) is 14.0. The predicted octanol–water partition coefficient (Wildman–Crippen LogP) is 4.48. The maximum atomic E-state index is 9.28. The van der Waals surface area contributed by atoms with Crippen molar-refractivity contribution in [2.75, 3.05) is 10.6 Å². The van der Waals surface area contributed by atoms with Crippen LogP contribution in [0, 0.1) is 0 Å². The highest BCUT2D eigenvalue weighted by Crippen LogP contribution is 2.19. The lowest BCUT2D eigenvalue weighted by Gasteiger charge is -2.04. The largest absolute Gasteiger partial charge is 0.512 e. The van der Waals surface area contributed by atoms with Gasteiger partial charge in [0.1, 0.15) is 0 Å². The second-order valence-electron chi connectivity index (χ2n) is 4.93. The first-order valence-corrected chi connectivity index (χ1v) is 7.96. The molecule has 2 aromatic rings. The third-order valence-electron chi connectivity index (χ3n) is 3.14. The Bertz CT molecular complexity index is 700. The smallest absolute Gasteiger partial charge is 0.188 e. The van der Waals surface area contributed by atoms with Crippen LogP contribution in [-0.4, -0.2) is 13.9 Å². The number of hydrogen-bond acceptors (Lipinski definition) is 6. The first-order chi connectivity index (χ1) is 11.2. The molecule has 0 saturated carbocycles. The maximum absolute atomic E-state index is 9.28. The molecule has 0 amide bonds. The van der Waals surface area contributed by atoms with Crippen LogP contribution in [0.15, 0.2) is 66.1 Å². The highest BCUT2D eigenvalue weighted by atomic mass is 32.1. The van der Waals surface area contributed by atoms with Crippen molar-refractivity contribution in [3.8, 4) is 0 Å². The molecule has 1 heterocycles. The van der Waals surface area contributed by atoms with E-state index in [1.807, 2.05) is 43.4 Å². The van der Waals surface area contributed by atoms with E-state index in [1.54, 1.807) is 13.1 Å². The van der Waals surface area contributed by atoms with Crippen LogP contribution in [0.25, 0.3) is 0 Å². The lowest BCUT2D eigenvalue weighted by atomic mass is 10.2. The third-order valence-corrected chi connectivity index (χ3v) is 3.66. The number of nitrogens with zero attached hydrogens (tertiary/aromatic N) is 2. The average molecular weight is 328 g/mol. The molecule has 1 aromatic carbocycles. The Balaban J connectivity index is 1.87. The van der Waals surface area contributed by atoms with Crippen LogP contribution in [0.5, 0.6) is 0 Å². The lowest BCUT2D eigenvalue weighted by Crippen LogP contribution is -2.02. The van der Waals surface area contributed by atoms with Gasteiger partial charge in [-0.05, 0) is 31.1 Å². The van der Waals surface area contributed by atoms with Gasteiger partial charge in [0.25, 0.3) is 0 Å². The van der Waals surface area contributed by atoms with E-state index in [0.717, 1.165) is 23.1 Å². The van der Waals surface area contributed by atoms with Crippen molar-refractivity contribution in [1.82, 2.24) is 8.75 Å². The molecule has 0 spiro atoms. The minimum atomic E-state index is 0.318. The van der Waals surface area contributed by atoms with Crippen LogP contribution in [0.3, 0.4) is 0 Å². The maximum Gasteiger partial charge on any atom is 0.188 e. The number of aromatic nitrogens is 2. The Morgan fingerprint density at radius 3 is 2.61 bits per heavy atom. The van der Waals surface area contributed by atoms with Crippen LogP contribution in [-0.2, 0) is 6.54 Å². The molecule has 23 heavy (non-hydrogen) atoms. The Morgan fingerprint density at radius 1 is 1.13 bits per heavy atom. The summed E-state index contributed by atoms with van der Waals surface area (Å²) < 4.78 is 8.47. The van der Waals surface area contributed by atoms with Gasteiger partial charge in [-0.25, -0.2) is 0 Å². The fourth-order valence-corrected chi connectivity index (χ4v) is 2.18. The van der Waals surface area contributed by atoms with Gasteiger partial charge >= 0.3 is 0 Å². The van der Waals surface area contributed by atoms with E-state index >= 15 is 0 Å². The lowest BCUT2D eigenvalue weighted by molar-refractivity contribution is 0.409. The summed E-state index contributed by atoms with van der Waals surface area (Å²) in [5.74, 6) is 1.75. The number of hydrogen-bond donors (Lipinski definition) is 3. The summed E-state index contributed by atoms with van der Waals surface area (Å²) in [5.41, 5.74) is 2.02. The molecule has 0 bridgehead atoms. The highest BCUT2D eigenvalue weighted by Gasteiger charge is 2.05. The normalized spacial score (nSPS) is 12.6. The molecule has 0 aliphatic carbocycles. The number of allylic oxidation sites excluding steroid dienone is 5. The van der Waals surface area contributed by atoms with Gasteiger partial charge in [0, 0.05) is 12.7 Å². The van der Waals surface area contributed by atoms with Crippen LogP contribution in [0.4, 0.5) is 11.6 Å².